The molecule has 0 radical (unpaired) electrons. The molecule has 3 heteroatoms. The van der Waals surface area contributed by atoms with Crippen LogP contribution >= 0.6 is 0 Å². The topological polar surface area (TPSA) is 41.3 Å². The minimum Gasteiger partial charge on any atom is -0.324 e. The number of hydrogen-bond acceptors (Lipinski definition) is 3. The lowest BCUT2D eigenvalue weighted by Gasteiger charge is -2.29. The third-order valence-corrected chi connectivity index (χ3v) is 5.58. The van der Waals surface area contributed by atoms with Gasteiger partial charge in [-0.15, -0.1) is 0 Å². The van der Waals surface area contributed by atoms with Gasteiger partial charge in [-0.2, -0.15) is 0 Å². The highest BCUT2D eigenvalue weighted by molar-refractivity contribution is 5.37. The normalized spacial score (nSPS) is 24.9. The predicted octanol–water partition coefficient (Wildman–Crippen LogP) is 3.56. The molecule has 2 aliphatic rings. The Morgan fingerprint density at radius 3 is 2.38 bits per heavy atom. The monoisotopic (exact) mass is 321 g/mol. The molecule has 1 heterocycles. The van der Waals surface area contributed by atoms with E-state index in [-0.39, 0.29) is 6.04 Å². The van der Waals surface area contributed by atoms with Crippen LogP contribution in [0.25, 0.3) is 0 Å². The first-order valence-corrected chi connectivity index (χ1v) is 9.20. The van der Waals surface area contributed by atoms with Crippen LogP contribution in [0.5, 0.6) is 0 Å². The maximum Gasteiger partial charge on any atom is 0.0472 e. The van der Waals surface area contributed by atoms with E-state index in [1.807, 2.05) is 0 Å². The third-order valence-electron chi connectivity index (χ3n) is 5.58. The summed E-state index contributed by atoms with van der Waals surface area (Å²) >= 11 is 0. The Hall–Kier alpha value is -1.68. The first-order valence-electron chi connectivity index (χ1n) is 9.20. The first-order chi connectivity index (χ1) is 11.8. The molecule has 1 aliphatic heterocycles. The first kappa shape index (κ1) is 15.8. The second-order valence-electron chi connectivity index (χ2n) is 7.10. The molecule has 0 amide bonds. The molecule has 3 atom stereocenters. The summed E-state index contributed by atoms with van der Waals surface area (Å²) in [6, 6.07) is 20.6. The molecule has 3 unspecified atom stereocenters. The summed E-state index contributed by atoms with van der Waals surface area (Å²) < 4.78 is 0. The summed E-state index contributed by atoms with van der Waals surface area (Å²) in [5.41, 5.74) is 10.4. The van der Waals surface area contributed by atoms with Crippen molar-refractivity contribution in [2.75, 3.05) is 19.6 Å². The van der Waals surface area contributed by atoms with E-state index in [0.717, 1.165) is 13.0 Å². The Balaban J connectivity index is 1.50. The molecule has 2 aromatic carbocycles. The van der Waals surface area contributed by atoms with Crippen molar-refractivity contribution in [1.82, 2.24) is 10.2 Å². The molecule has 0 aromatic heterocycles. The highest BCUT2D eigenvalue weighted by Crippen LogP contribution is 2.37. The van der Waals surface area contributed by atoms with Crippen LogP contribution in [0.2, 0.25) is 0 Å². The number of fused-ring (bicyclic) bond motifs is 1. The fourth-order valence-corrected chi connectivity index (χ4v) is 4.31. The molecular formula is C21H27N3. The quantitative estimate of drug-likeness (QED) is 0.885. The van der Waals surface area contributed by atoms with E-state index in [1.54, 1.807) is 0 Å². The van der Waals surface area contributed by atoms with Crippen LogP contribution in [0.15, 0.2) is 54.6 Å². The number of nitrogens with two attached hydrogens (primary N) is 1. The van der Waals surface area contributed by atoms with Gasteiger partial charge in [-0.3, -0.25) is 4.90 Å². The van der Waals surface area contributed by atoms with Gasteiger partial charge in [0.1, 0.15) is 0 Å². The molecule has 3 N–H and O–H groups in total. The molecule has 1 fully saturated rings. The molecule has 0 bridgehead atoms. The number of rotatable bonds is 5. The van der Waals surface area contributed by atoms with Crippen LogP contribution in [0.4, 0.5) is 0 Å². The summed E-state index contributed by atoms with van der Waals surface area (Å²) in [5, 5.41) is 3.82. The minimum atomic E-state index is 0.167. The van der Waals surface area contributed by atoms with Gasteiger partial charge in [0.2, 0.25) is 0 Å². The number of nitrogens with one attached hydrogen (secondary N) is 1. The average molecular weight is 321 g/mol. The van der Waals surface area contributed by atoms with E-state index in [2.05, 4.69) is 64.8 Å². The fraction of sp³-hybridized carbons (Fsp3) is 0.429. The van der Waals surface area contributed by atoms with E-state index >= 15 is 0 Å². The molecule has 0 saturated carbocycles. The molecule has 3 nitrogen and oxygen atoms in total. The molecule has 0 spiro atoms. The molecule has 1 aliphatic carbocycles. The van der Waals surface area contributed by atoms with Crippen molar-refractivity contribution in [3.05, 3.63) is 71.3 Å². The van der Waals surface area contributed by atoms with Gasteiger partial charge in [-0.05, 0) is 49.0 Å². The number of nitrogens with zero attached hydrogens (tertiary/aromatic N) is 1. The molecular weight excluding hydrogens is 294 g/mol. The lowest BCUT2D eigenvalue weighted by Crippen LogP contribution is -2.35. The van der Waals surface area contributed by atoms with Crippen molar-refractivity contribution in [2.45, 2.75) is 37.4 Å². The Morgan fingerprint density at radius 1 is 0.958 bits per heavy atom. The lowest BCUT2D eigenvalue weighted by molar-refractivity contribution is 0.232. The van der Waals surface area contributed by atoms with E-state index in [0.29, 0.717) is 12.1 Å². The number of hydrogen-bond donors (Lipinski definition) is 2. The highest BCUT2D eigenvalue weighted by Gasteiger charge is 2.30. The number of likely N-dealkylation sites (tertiary alicyclic amines) is 1. The summed E-state index contributed by atoms with van der Waals surface area (Å²) in [6.45, 7) is 3.40. The summed E-state index contributed by atoms with van der Waals surface area (Å²) in [6.07, 6.45) is 3.64. The second-order valence-corrected chi connectivity index (χ2v) is 7.10. The molecule has 126 valence electrons. The summed E-state index contributed by atoms with van der Waals surface area (Å²) in [7, 11) is 0. The Labute approximate surface area is 144 Å². The van der Waals surface area contributed by atoms with Gasteiger partial charge in [0.05, 0.1) is 0 Å². The van der Waals surface area contributed by atoms with Gasteiger partial charge in [0.15, 0.2) is 0 Å². The van der Waals surface area contributed by atoms with Crippen molar-refractivity contribution in [3.63, 3.8) is 0 Å². The largest absolute Gasteiger partial charge is 0.324 e. The number of benzene rings is 2. The lowest BCUT2D eigenvalue weighted by atomic mass is 10.0. The van der Waals surface area contributed by atoms with Gasteiger partial charge in [0.25, 0.3) is 0 Å². The smallest absolute Gasteiger partial charge is 0.0472 e. The fourth-order valence-electron chi connectivity index (χ4n) is 4.31. The third kappa shape index (κ3) is 3.12. The van der Waals surface area contributed by atoms with Crippen LogP contribution in [-0.2, 0) is 0 Å². The maximum atomic E-state index is 6.33. The average Bonchev–Trinajstić information content (AvgIpc) is 3.26. The van der Waals surface area contributed by atoms with Crippen LogP contribution in [0.3, 0.4) is 0 Å². The van der Waals surface area contributed by atoms with Crippen LogP contribution in [0.1, 0.15) is 54.1 Å². The van der Waals surface area contributed by atoms with E-state index in [4.69, 9.17) is 5.73 Å². The Bertz CT molecular complexity index is 664. The summed E-state index contributed by atoms with van der Waals surface area (Å²) in [5.74, 6) is 0. The van der Waals surface area contributed by atoms with Gasteiger partial charge >= 0.3 is 0 Å². The van der Waals surface area contributed by atoms with Crippen LogP contribution in [0, 0.1) is 0 Å². The Kier molecular flexibility index (Phi) is 4.65. The zero-order chi connectivity index (χ0) is 16.4. The standard InChI is InChI=1S/C21H27N3/c22-19-14-20(18-11-5-4-10-17(18)19)23-15-21(24-12-6-7-13-24)16-8-2-1-3-9-16/h1-5,8-11,19-21,23H,6-7,12-15,22H2. The van der Waals surface area contributed by atoms with E-state index < -0.39 is 0 Å². The van der Waals surface area contributed by atoms with Gasteiger partial charge in [-0.1, -0.05) is 54.6 Å². The van der Waals surface area contributed by atoms with Crippen molar-refractivity contribution < 1.29 is 0 Å². The zero-order valence-electron chi connectivity index (χ0n) is 14.2. The van der Waals surface area contributed by atoms with Crippen LogP contribution < -0.4 is 11.1 Å². The van der Waals surface area contributed by atoms with Crippen molar-refractivity contribution in [1.29, 1.82) is 0 Å². The van der Waals surface area contributed by atoms with E-state index in [9.17, 15) is 0 Å². The highest BCUT2D eigenvalue weighted by atomic mass is 15.2. The maximum absolute atomic E-state index is 6.33. The molecule has 2 aromatic rings. The Morgan fingerprint density at radius 2 is 1.62 bits per heavy atom. The van der Waals surface area contributed by atoms with Gasteiger partial charge < -0.3 is 11.1 Å². The summed E-state index contributed by atoms with van der Waals surface area (Å²) in [4.78, 5) is 2.63. The molecule has 1 saturated heterocycles. The van der Waals surface area contributed by atoms with Crippen LogP contribution in [-0.4, -0.2) is 24.5 Å². The second kappa shape index (κ2) is 7.06. The van der Waals surface area contributed by atoms with E-state index in [1.165, 1.54) is 42.6 Å². The van der Waals surface area contributed by atoms with Gasteiger partial charge in [-0.25, -0.2) is 0 Å². The predicted molar refractivity (Wildman–Crippen MR) is 98.7 cm³/mol. The van der Waals surface area contributed by atoms with Crippen molar-refractivity contribution in [2.24, 2.45) is 5.73 Å². The van der Waals surface area contributed by atoms with Crippen molar-refractivity contribution >= 4 is 0 Å². The molecule has 4 rings (SSSR count). The SMILES string of the molecule is NC1CC(NCC(c2ccccc2)N2CCCC2)c2ccccc21. The zero-order valence-corrected chi connectivity index (χ0v) is 14.2. The molecule has 24 heavy (non-hydrogen) atoms. The van der Waals surface area contributed by atoms with Crippen molar-refractivity contribution in [3.8, 4) is 0 Å². The van der Waals surface area contributed by atoms with Gasteiger partial charge in [0, 0.05) is 24.7 Å². The minimum absolute atomic E-state index is 0.167.